The van der Waals surface area contributed by atoms with Gasteiger partial charge in [-0.15, -0.1) is 0 Å². The number of nitrogens with two attached hydrogens (primary N) is 2. The molecule has 1 aromatic rings. The summed E-state index contributed by atoms with van der Waals surface area (Å²) in [4.78, 5) is 35.6. The van der Waals surface area contributed by atoms with Crippen LogP contribution in [0.1, 0.15) is 29.6 Å². The van der Waals surface area contributed by atoms with Crippen molar-refractivity contribution in [3.8, 4) is 0 Å². The summed E-state index contributed by atoms with van der Waals surface area (Å²) in [5.41, 5.74) is 12.1. The quantitative estimate of drug-likeness (QED) is 0.460. The molecular weight excluding hydrogens is 232 g/mol. The van der Waals surface area contributed by atoms with Gasteiger partial charge in [0, 0.05) is 29.8 Å². The van der Waals surface area contributed by atoms with E-state index in [0.717, 1.165) is 0 Å². The normalized spacial score (nSPS) is 16.9. The van der Waals surface area contributed by atoms with Crippen LogP contribution in [0.25, 0.3) is 0 Å². The van der Waals surface area contributed by atoms with Gasteiger partial charge in [0.2, 0.25) is 0 Å². The van der Waals surface area contributed by atoms with Crippen LogP contribution in [0.15, 0.2) is 18.2 Å². The predicted molar refractivity (Wildman–Crippen MR) is 67.0 cm³/mol. The molecule has 5 nitrogen and oxygen atoms in total. The van der Waals surface area contributed by atoms with Crippen molar-refractivity contribution in [3.63, 3.8) is 0 Å². The smallest absolute Gasteiger partial charge is 0.182 e. The largest absolute Gasteiger partial charge is 0.399 e. The summed E-state index contributed by atoms with van der Waals surface area (Å²) in [6.07, 6.45) is 1.08. The molecule has 4 N–H and O–H groups in total. The van der Waals surface area contributed by atoms with Gasteiger partial charge in [-0.25, -0.2) is 0 Å². The summed E-state index contributed by atoms with van der Waals surface area (Å²) >= 11 is 0. The first kappa shape index (κ1) is 12.3. The van der Waals surface area contributed by atoms with Crippen LogP contribution < -0.4 is 11.5 Å². The average molecular weight is 246 g/mol. The lowest BCUT2D eigenvalue weighted by Crippen LogP contribution is -2.35. The first-order chi connectivity index (χ1) is 8.50. The topological polar surface area (TPSA) is 103 Å². The molecule has 0 atom stereocenters. The van der Waals surface area contributed by atoms with Crippen molar-refractivity contribution in [2.24, 2.45) is 5.92 Å². The fourth-order valence-electron chi connectivity index (χ4n) is 2.16. The van der Waals surface area contributed by atoms with E-state index >= 15 is 0 Å². The van der Waals surface area contributed by atoms with E-state index in [-0.39, 0.29) is 35.7 Å². The number of rotatable bonds is 2. The molecule has 1 aliphatic carbocycles. The number of carbonyl (C=O) groups excluding carboxylic acids is 3. The summed E-state index contributed by atoms with van der Waals surface area (Å²) in [5.74, 6) is -2.31. The van der Waals surface area contributed by atoms with Crippen LogP contribution >= 0.6 is 0 Å². The van der Waals surface area contributed by atoms with Crippen molar-refractivity contribution in [1.29, 1.82) is 0 Å². The number of hydrogen-bond acceptors (Lipinski definition) is 5. The summed E-state index contributed by atoms with van der Waals surface area (Å²) in [6.45, 7) is 0. The molecule has 18 heavy (non-hydrogen) atoms. The molecule has 0 aromatic heterocycles. The number of hydrogen-bond donors (Lipinski definition) is 2. The van der Waals surface area contributed by atoms with Crippen molar-refractivity contribution >= 4 is 28.7 Å². The number of carbonyl (C=O) groups is 3. The Labute approximate surface area is 104 Å². The number of benzene rings is 1. The second kappa shape index (κ2) is 4.60. The SMILES string of the molecule is Nc1ccc(C(=O)C2C(=O)CCCC2=O)c(N)c1. The Bertz CT molecular complexity index is 521. The Morgan fingerprint density at radius 2 is 1.72 bits per heavy atom. The van der Waals surface area contributed by atoms with Crippen LogP contribution in [0.3, 0.4) is 0 Å². The molecule has 1 aliphatic rings. The van der Waals surface area contributed by atoms with Crippen molar-refractivity contribution in [1.82, 2.24) is 0 Å². The molecule has 5 heteroatoms. The minimum Gasteiger partial charge on any atom is -0.399 e. The van der Waals surface area contributed by atoms with Gasteiger partial charge < -0.3 is 11.5 Å². The van der Waals surface area contributed by atoms with Crippen LogP contribution in [0.5, 0.6) is 0 Å². The Balaban J connectivity index is 2.35. The maximum Gasteiger partial charge on any atom is 0.182 e. The fourth-order valence-corrected chi connectivity index (χ4v) is 2.16. The first-order valence-electron chi connectivity index (χ1n) is 5.75. The Hall–Kier alpha value is -2.17. The highest BCUT2D eigenvalue weighted by atomic mass is 16.2. The number of anilines is 2. The molecule has 0 saturated heterocycles. The van der Waals surface area contributed by atoms with E-state index in [9.17, 15) is 14.4 Å². The van der Waals surface area contributed by atoms with Crippen LogP contribution in [0.2, 0.25) is 0 Å². The van der Waals surface area contributed by atoms with Gasteiger partial charge in [-0.05, 0) is 24.6 Å². The fraction of sp³-hybridized carbons (Fsp3) is 0.308. The van der Waals surface area contributed by atoms with Gasteiger partial charge in [0.05, 0.1) is 0 Å². The van der Waals surface area contributed by atoms with Crippen LogP contribution in [-0.2, 0) is 9.59 Å². The van der Waals surface area contributed by atoms with Gasteiger partial charge in [0.25, 0.3) is 0 Å². The number of nitrogen functional groups attached to an aromatic ring is 2. The lowest BCUT2D eigenvalue weighted by molar-refractivity contribution is -0.133. The summed E-state index contributed by atoms with van der Waals surface area (Å²) < 4.78 is 0. The van der Waals surface area contributed by atoms with Crippen LogP contribution in [-0.4, -0.2) is 17.3 Å². The zero-order valence-corrected chi connectivity index (χ0v) is 9.81. The molecule has 0 aliphatic heterocycles. The molecule has 0 heterocycles. The van der Waals surface area contributed by atoms with E-state index in [0.29, 0.717) is 12.1 Å². The molecule has 0 bridgehead atoms. The zero-order valence-electron chi connectivity index (χ0n) is 9.81. The van der Waals surface area contributed by atoms with Gasteiger partial charge in [0.1, 0.15) is 5.92 Å². The maximum atomic E-state index is 12.2. The highest BCUT2D eigenvalue weighted by molar-refractivity contribution is 6.26. The van der Waals surface area contributed by atoms with E-state index in [1.165, 1.54) is 18.2 Å². The number of Topliss-reactive ketones (excluding diaryl/α,β-unsaturated/α-hetero) is 3. The van der Waals surface area contributed by atoms with Crippen molar-refractivity contribution in [2.75, 3.05) is 11.5 Å². The predicted octanol–water partition coefficient (Wildman–Crippen LogP) is 0.972. The minimum atomic E-state index is -1.18. The maximum absolute atomic E-state index is 12.2. The monoisotopic (exact) mass is 246 g/mol. The Morgan fingerprint density at radius 3 is 2.28 bits per heavy atom. The minimum absolute atomic E-state index is 0.192. The second-order valence-electron chi connectivity index (χ2n) is 4.43. The van der Waals surface area contributed by atoms with E-state index < -0.39 is 11.7 Å². The summed E-state index contributed by atoms with van der Waals surface area (Å²) in [6, 6.07) is 4.44. The van der Waals surface area contributed by atoms with Crippen molar-refractivity contribution in [3.05, 3.63) is 23.8 Å². The second-order valence-corrected chi connectivity index (χ2v) is 4.43. The number of ketones is 3. The van der Waals surface area contributed by atoms with Crippen molar-refractivity contribution in [2.45, 2.75) is 19.3 Å². The lowest BCUT2D eigenvalue weighted by Gasteiger charge is -2.18. The highest BCUT2D eigenvalue weighted by Crippen LogP contribution is 2.25. The van der Waals surface area contributed by atoms with E-state index in [1.54, 1.807) is 0 Å². The molecule has 1 fully saturated rings. The first-order valence-corrected chi connectivity index (χ1v) is 5.75. The van der Waals surface area contributed by atoms with Gasteiger partial charge in [-0.3, -0.25) is 14.4 Å². The van der Waals surface area contributed by atoms with Gasteiger partial charge in [0.15, 0.2) is 17.3 Å². The molecule has 0 unspecified atom stereocenters. The van der Waals surface area contributed by atoms with Crippen LogP contribution in [0, 0.1) is 5.92 Å². The molecular formula is C13H14N2O3. The lowest BCUT2D eigenvalue weighted by atomic mass is 9.81. The van der Waals surface area contributed by atoms with Crippen molar-refractivity contribution < 1.29 is 14.4 Å². The zero-order chi connectivity index (χ0) is 13.3. The molecule has 1 saturated carbocycles. The molecule has 1 aromatic carbocycles. The highest BCUT2D eigenvalue weighted by Gasteiger charge is 2.36. The van der Waals surface area contributed by atoms with Gasteiger partial charge in [-0.2, -0.15) is 0 Å². The third kappa shape index (κ3) is 2.11. The van der Waals surface area contributed by atoms with Crippen LogP contribution in [0.4, 0.5) is 11.4 Å². The van der Waals surface area contributed by atoms with E-state index in [4.69, 9.17) is 11.5 Å². The third-order valence-corrected chi connectivity index (χ3v) is 3.09. The average Bonchev–Trinajstić information content (AvgIpc) is 2.28. The molecule has 0 radical (unpaired) electrons. The summed E-state index contributed by atoms with van der Waals surface area (Å²) in [5, 5.41) is 0. The standard InChI is InChI=1S/C13H14N2O3/c14-7-4-5-8(9(15)6-7)13(18)12-10(16)2-1-3-11(12)17/h4-6,12H,1-3,14-15H2. The molecule has 0 spiro atoms. The van der Waals surface area contributed by atoms with E-state index in [2.05, 4.69) is 0 Å². The van der Waals surface area contributed by atoms with Gasteiger partial charge >= 0.3 is 0 Å². The van der Waals surface area contributed by atoms with E-state index in [1.807, 2.05) is 0 Å². The third-order valence-electron chi connectivity index (χ3n) is 3.09. The van der Waals surface area contributed by atoms with Gasteiger partial charge in [-0.1, -0.05) is 0 Å². The molecule has 2 rings (SSSR count). The molecule has 0 amide bonds. The summed E-state index contributed by atoms with van der Waals surface area (Å²) in [7, 11) is 0. The Morgan fingerprint density at radius 1 is 1.11 bits per heavy atom. The molecule has 94 valence electrons. The Kier molecular flexibility index (Phi) is 3.14.